The normalized spacial score (nSPS) is 10.3. The Morgan fingerprint density at radius 3 is 1.30 bits per heavy atom. The summed E-state index contributed by atoms with van der Waals surface area (Å²) in [6.45, 7) is 0. The standard InChI is InChI=1S/C24H18N4O5/c29-27(30)19-13-7-15-21(23(19)25-17-9-3-1-4-10-17)33-22-16-8-14-20(28(31)32)24(22)26-18-11-5-2-6-12-18/h1-16,25-26H. The van der Waals surface area contributed by atoms with Gasteiger partial charge in [0.05, 0.1) is 9.85 Å². The van der Waals surface area contributed by atoms with Crippen LogP contribution >= 0.6 is 0 Å². The van der Waals surface area contributed by atoms with Gasteiger partial charge >= 0.3 is 0 Å². The Kier molecular flexibility index (Phi) is 6.12. The summed E-state index contributed by atoms with van der Waals surface area (Å²) in [5.41, 5.74) is 1.12. The molecule has 9 heteroatoms. The van der Waals surface area contributed by atoms with E-state index in [0.717, 1.165) is 0 Å². The van der Waals surface area contributed by atoms with Crippen LogP contribution in [0.2, 0.25) is 0 Å². The highest BCUT2D eigenvalue weighted by molar-refractivity contribution is 5.79. The van der Waals surface area contributed by atoms with Crippen molar-refractivity contribution in [2.45, 2.75) is 0 Å². The summed E-state index contributed by atoms with van der Waals surface area (Å²) in [5.74, 6) is 0.286. The van der Waals surface area contributed by atoms with E-state index in [1.807, 2.05) is 12.1 Å². The smallest absolute Gasteiger partial charge is 0.296 e. The van der Waals surface area contributed by atoms with Gasteiger partial charge in [0.1, 0.15) is 0 Å². The number of nitro groups is 2. The van der Waals surface area contributed by atoms with Crippen LogP contribution in [0, 0.1) is 20.2 Å². The number of nitrogens with zero attached hydrogens (tertiary/aromatic N) is 2. The van der Waals surface area contributed by atoms with Gasteiger partial charge in [0.15, 0.2) is 22.9 Å². The molecule has 4 aromatic rings. The highest BCUT2D eigenvalue weighted by Gasteiger charge is 2.23. The molecule has 0 saturated heterocycles. The van der Waals surface area contributed by atoms with E-state index in [1.54, 1.807) is 60.7 Å². The van der Waals surface area contributed by atoms with Crippen LogP contribution in [0.5, 0.6) is 11.5 Å². The zero-order valence-corrected chi connectivity index (χ0v) is 17.2. The second-order valence-electron chi connectivity index (χ2n) is 6.90. The van der Waals surface area contributed by atoms with Crippen molar-refractivity contribution in [2.75, 3.05) is 10.6 Å². The molecule has 0 aliphatic rings. The maximum absolute atomic E-state index is 11.7. The lowest BCUT2D eigenvalue weighted by Crippen LogP contribution is -2.02. The van der Waals surface area contributed by atoms with E-state index < -0.39 is 9.85 Å². The minimum atomic E-state index is -0.519. The summed E-state index contributed by atoms with van der Waals surface area (Å²) in [4.78, 5) is 22.3. The zero-order valence-electron chi connectivity index (χ0n) is 17.2. The molecule has 0 aliphatic heterocycles. The van der Waals surface area contributed by atoms with Gasteiger partial charge in [0.25, 0.3) is 11.4 Å². The summed E-state index contributed by atoms with van der Waals surface area (Å²) in [6.07, 6.45) is 0. The third-order valence-electron chi connectivity index (χ3n) is 4.71. The Balaban J connectivity index is 1.79. The first-order valence-electron chi connectivity index (χ1n) is 9.90. The van der Waals surface area contributed by atoms with Crippen molar-refractivity contribution in [2.24, 2.45) is 0 Å². The van der Waals surface area contributed by atoms with Crippen molar-refractivity contribution in [3.05, 3.63) is 117 Å². The lowest BCUT2D eigenvalue weighted by molar-refractivity contribution is -0.384. The van der Waals surface area contributed by atoms with E-state index in [2.05, 4.69) is 10.6 Å². The quantitative estimate of drug-likeness (QED) is 0.228. The molecule has 0 atom stereocenters. The van der Waals surface area contributed by atoms with Crippen LogP contribution < -0.4 is 15.4 Å². The molecule has 2 N–H and O–H groups in total. The van der Waals surface area contributed by atoms with Crippen LogP contribution in [0.3, 0.4) is 0 Å². The van der Waals surface area contributed by atoms with Crippen molar-refractivity contribution >= 4 is 34.1 Å². The molecule has 0 radical (unpaired) electrons. The first-order chi connectivity index (χ1) is 16.0. The molecule has 0 unspecified atom stereocenters. The van der Waals surface area contributed by atoms with Gasteiger partial charge in [-0.05, 0) is 36.4 Å². The van der Waals surface area contributed by atoms with E-state index in [9.17, 15) is 20.2 Å². The number of hydrogen-bond acceptors (Lipinski definition) is 7. The summed E-state index contributed by atoms with van der Waals surface area (Å²) in [5, 5.41) is 29.4. The van der Waals surface area contributed by atoms with Crippen LogP contribution in [0.25, 0.3) is 0 Å². The van der Waals surface area contributed by atoms with Gasteiger partial charge < -0.3 is 15.4 Å². The maximum atomic E-state index is 11.7. The fourth-order valence-corrected chi connectivity index (χ4v) is 3.21. The van der Waals surface area contributed by atoms with Crippen molar-refractivity contribution in [3.8, 4) is 11.5 Å². The van der Waals surface area contributed by atoms with Crippen LogP contribution in [0.15, 0.2) is 97.1 Å². The number of hydrogen-bond donors (Lipinski definition) is 2. The fraction of sp³-hybridized carbons (Fsp3) is 0. The highest BCUT2D eigenvalue weighted by atomic mass is 16.6. The number of para-hydroxylation sites is 4. The summed E-state index contributed by atoms with van der Waals surface area (Å²) in [6, 6.07) is 26.7. The predicted octanol–water partition coefficient (Wildman–Crippen LogP) is 6.78. The minimum absolute atomic E-state index is 0.130. The van der Waals surface area contributed by atoms with Crippen LogP contribution in [-0.2, 0) is 0 Å². The highest BCUT2D eigenvalue weighted by Crippen LogP contribution is 2.43. The average Bonchev–Trinajstić information content (AvgIpc) is 2.82. The fourth-order valence-electron chi connectivity index (χ4n) is 3.21. The number of anilines is 4. The predicted molar refractivity (Wildman–Crippen MR) is 126 cm³/mol. The largest absolute Gasteiger partial charge is 0.452 e. The SMILES string of the molecule is O=[N+]([O-])c1cccc(Oc2cccc([N+](=O)[O-])c2Nc2ccccc2)c1Nc1ccccc1. The van der Waals surface area contributed by atoms with Crippen LogP contribution in [0.4, 0.5) is 34.1 Å². The second-order valence-corrected chi connectivity index (χ2v) is 6.90. The summed E-state index contributed by atoms with van der Waals surface area (Å²) >= 11 is 0. The third-order valence-corrected chi connectivity index (χ3v) is 4.71. The Hall–Kier alpha value is -4.92. The molecule has 9 nitrogen and oxygen atoms in total. The van der Waals surface area contributed by atoms with E-state index in [4.69, 9.17) is 4.74 Å². The topological polar surface area (TPSA) is 120 Å². The molecule has 0 spiro atoms. The van der Waals surface area contributed by atoms with Crippen molar-refractivity contribution in [1.29, 1.82) is 0 Å². The zero-order chi connectivity index (χ0) is 23.2. The second kappa shape index (κ2) is 9.48. The first-order valence-corrected chi connectivity index (χ1v) is 9.90. The number of ether oxygens (including phenoxy) is 1. The van der Waals surface area contributed by atoms with Crippen LogP contribution in [0.1, 0.15) is 0 Å². The molecule has 33 heavy (non-hydrogen) atoms. The molecule has 0 aromatic heterocycles. The Morgan fingerprint density at radius 2 is 0.939 bits per heavy atom. The van der Waals surface area contributed by atoms with Gasteiger partial charge in [0, 0.05) is 23.5 Å². The van der Waals surface area contributed by atoms with Gasteiger partial charge in [-0.1, -0.05) is 48.5 Å². The Morgan fingerprint density at radius 1 is 0.545 bits per heavy atom. The molecular formula is C24H18N4O5. The Bertz CT molecular complexity index is 1200. The molecular weight excluding hydrogens is 424 g/mol. The third kappa shape index (κ3) is 4.88. The molecule has 0 saturated carbocycles. The lowest BCUT2D eigenvalue weighted by atomic mass is 10.2. The average molecular weight is 442 g/mol. The Labute approximate surface area is 188 Å². The minimum Gasteiger partial charge on any atom is -0.452 e. The number of benzene rings is 4. The van der Waals surface area contributed by atoms with E-state index in [0.29, 0.717) is 11.4 Å². The van der Waals surface area contributed by atoms with Crippen molar-refractivity contribution in [1.82, 2.24) is 0 Å². The van der Waals surface area contributed by atoms with Crippen molar-refractivity contribution < 1.29 is 14.6 Å². The summed E-state index contributed by atoms with van der Waals surface area (Å²) < 4.78 is 6.03. The molecule has 4 rings (SSSR count). The molecule has 0 heterocycles. The van der Waals surface area contributed by atoms with Gasteiger partial charge in [-0.2, -0.15) is 0 Å². The summed E-state index contributed by atoms with van der Waals surface area (Å²) in [7, 11) is 0. The molecule has 0 amide bonds. The van der Waals surface area contributed by atoms with E-state index in [1.165, 1.54) is 24.3 Å². The molecule has 0 aliphatic carbocycles. The maximum Gasteiger partial charge on any atom is 0.296 e. The monoisotopic (exact) mass is 442 g/mol. The number of nitrogens with one attached hydrogen (secondary N) is 2. The lowest BCUT2D eigenvalue weighted by Gasteiger charge is -2.16. The number of nitro benzene ring substituents is 2. The van der Waals surface area contributed by atoms with E-state index >= 15 is 0 Å². The van der Waals surface area contributed by atoms with Gasteiger partial charge in [0.2, 0.25) is 0 Å². The number of rotatable bonds is 8. The molecule has 164 valence electrons. The van der Waals surface area contributed by atoms with Gasteiger partial charge in [-0.15, -0.1) is 0 Å². The molecule has 4 aromatic carbocycles. The van der Waals surface area contributed by atoms with E-state index in [-0.39, 0.29) is 34.2 Å². The van der Waals surface area contributed by atoms with Crippen LogP contribution in [-0.4, -0.2) is 9.85 Å². The van der Waals surface area contributed by atoms with Crippen molar-refractivity contribution in [3.63, 3.8) is 0 Å². The van der Waals surface area contributed by atoms with Gasteiger partial charge in [-0.3, -0.25) is 20.2 Å². The van der Waals surface area contributed by atoms with Gasteiger partial charge in [-0.25, -0.2) is 0 Å². The first kappa shape index (κ1) is 21.3. The molecule has 0 fully saturated rings. The molecule has 0 bridgehead atoms.